The smallest absolute Gasteiger partial charge is 0.163 e. The molecule has 0 radical (unpaired) electrons. The van der Waals surface area contributed by atoms with E-state index in [4.69, 9.17) is 0 Å². The Bertz CT molecular complexity index is 743. The fourth-order valence-electron chi connectivity index (χ4n) is 2.24. The quantitative estimate of drug-likeness (QED) is 0.792. The molecule has 0 bridgehead atoms. The largest absolute Gasteiger partial charge is 0.372 e. The van der Waals surface area contributed by atoms with Crippen LogP contribution in [-0.2, 0) is 6.54 Å². The van der Waals surface area contributed by atoms with Crippen molar-refractivity contribution in [3.05, 3.63) is 47.4 Å². The van der Waals surface area contributed by atoms with Gasteiger partial charge in [0.2, 0.25) is 0 Å². The highest BCUT2D eigenvalue weighted by Gasteiger charge is 2.10. The van der Waals surface area contributed by atoms with E-state index in [0.717, 1.165) is 22.7 Å². The molecular formula is C15H17N5. The molecule has 0 amide bonds. The Kier molecular flexibility index (Phi) is 3.10. The van der Waals surface area contributed by atoms with Gasteiger partial charge in [0.15, 0.2) is 5.65 Å². The molecule has 102 valence electrons. The third-order valence-electron chi connectivity index (χ3n) is 3.30. The van der Waals surface area contributed by atoms with Crippen LogP contribution in [0, 0.1) is 13.8 Å². The second kappa shape index (κ2) is 4.92. The van der Waals surface area contributed by atoms with Gasteiger partial charge in [-0.3, -0.25) is 0 Å². The van der Waals surface area contributed by atoms with Gasteiger partial charge in [0.25, 0.3) is 0 Å². The highest BCUT2D eigenvalue weighted by molar-refractivity contribution is 5.86. The topological polar surface area (TPSA) is 55.6 Å². The molecule has 0 aliphatic heterocycles. The van der Waals surface area contributed by atoms with Crippen molar-refractivity contribution in [2.24, 2.45) is 0 Å². The summed E-state index contributed by atoms with van der Waals surface area (Å²) < 4.78 is 1.91. The summed E-state index contributed by atoms with van der Waals surface area (Å²) in [4.78, 5) is 8.88. The number of benzene rings is 1. The van der Waals surface area contributed by atoms with Gasteiger partial charge in [-0.1, -0.05) is 29.8 Å². The molecule has 0 saturated carbocycles. The van der Waals surface area contributed by atoms with Crippen molar-refractivity contribution in [3.8, 4) is 0 Å². The number of nitrogens with one attached hydrogen (secondary N) is 1. The summed E-state index contributed by atoms with van der Waals surface area (Å²) in [7, 11) is 1.86. The first kappa shape index (κ1) is 12.6. The van der Waals surface area contributed by atoms with Crippen molar-refractivity contribution in [1.82, 2.24) is 19.7 Å². The van der Waals surface area contributed by atoms with Crippen LogP contribution in [0.15, 0.2) is 30.5 Å². The molecule has 3 rings (SSSR count). The van der Waals surface area contributed by atoms with Crippen molar-refractivity contribution >= 4 is 16.9 Å². The predicted molar refractivity (Wildman–Crippen MR) is 79.9 cm³/mol. The average molecular weight is 267 g/mol. The maximum Gasteiger partial charge on any atom is 0.163 e. The third kappa shape index (κ3) is 2.22. The van der Waals surface area contributed by atoms with Gasteiger partial charge in [0, 0.05) is 7.05 Å². The fourth-order valence-corrected chi connectivity index (χ4v) is 2.24. The first-order chi connectivity index (χ1) is 9.67. The van der Waals surface area contributed by atoms with Crippen molar-refractivity contribution in [2.45, 2.75) is 20.4 Å². The van der Waals surface area contributed by atoms with E-state index < -0.39 is 0 Å². The number of rotatable bonds is 3. The third-order valence-corrected chi connectivity index (χ3v) is 3.30. The zero-order chi connectivity index (χ0) is 14.1. The minimum absolute atomic E-state index is 0.712. The molecule has 2 heterocycles. The maximum atomic E-state index is 4.51. The molecule has 20 heavy (non-hydrogen) atoms. The zero-order valence-electron chi connectivity index (χ0n) is 11.9. The zero-order valence-corrected chi connectivity index (χ0v) is 11.9. The summed E-state index contributed by atoms with van der Waals surface area (Å²) in [5.41, 5.74) is 3.33. The van der Waals surface area contributed by atoms with Gasteiger partial charge in [0.1, 0.15) is 11.6 Å². The molecule has 0 atom stereocenters. The number of nitrogens with zero attached hydrogens (tertiary/aromatic N) is 4. The summed E-state index contributed by atoms with van der Waals surface area (Å²) >= 11 is 0. The molecule has 1 aromatic carbocycles. The molecule has 1 N–H and O–H groups in total. The molecule has 5 nitrogen and oxygen atoms in total. The number of hydrogen-bond acceptors (Lipinski definition) is 4. The first-order valence-electron chi connectivity index (χ1n) is 6.61. The van der Waals surface area contributed by atoms with Crippen LogP contribution < -0.4 is 5.32 Å². The molecule has 0 saturated heterocycles. The summed E-state index contributed by atoms with van der Waals surface area (Å²) in [6.45, 7) is 4.69. The maximum absolute atomic E-state index is 4.51. The highest BCUT2D eigenvalue weighted by atomic mass is 15.3. The molecule has 0 spiro atoms. The van der Waals surface area contributed by atoms with Crippen molar-refractivity contribution < 1.29 is 0 Å². The minimum atomic E-state index is 0.712. The normalized spacial score (nSPS) is 10.9. The Hall–Kier alpha value is -2.43. The van der Waals surface area contributed by atoms with E-state index in [9.17, 15) is 0 Å². The lowest BCUT2D eigenvalue weighted by molar-refractivity contribution is 0.702. The summed E-state index contributed by atoms with van der Waals surface area (Å²) in [6, 6.07) is 8.46. The lowest BCUT2D eigenvalue weighted by Gasteiger charge is -2.06. The lowest BCUT2D eigenvalue weighted by atomic mass is 10.1. The lowest BCUT2D eigenvalue weighted by Crippen LogP contribution is -2.04. The van der Waals surface area contributed by atoms with Gasteiger partial charge < -0.3 is 5.32 Å². The van der Waals surface area contributed by atoms with Gasteiger partial charge in [-0.15, -0.1) is 0 Å². The van der Waals surface area contributed by atoms with E-state index >= 15 is 0 Å². The molecule has 5 heteroatoms. The van der Waals surface area contributed by atoms with Gasteiger partial charge in [0.05, 0.1) is 18.1 Å². The van der Waals surface area contributed by atoms with Gasteiger partial charge in [-0.2, -0.15) is 5.10 Å². The fraction of sp³-hybridized carbons (Fsp3) is 0.267. The Labute approximate surface area is 117 Å². The number of hydrogen-bond donors (Lipinski definition) is 1. The van der Waals surface area contributed by atoms with E-state index in [1.165, 1.54) is 11.1 Å². The standard InChI is InChI=1S/C15H17N5/c1-10-4-6-12(7-5-10)9-20-15-13(8-17-20)14(16-3)18-11(2)19-15/h4-8H,9H2,1-3H3,(H,16,18,19). The first-order valence-corrected chi connectivity index (χ1v) is 6.61. The molecule has 0 aliphatic rings. The summed E-state index contributed by atoms with van der Waals surface area (Å²) in [5.74, 6) is 1.56. The average Bonchev–Trinajstić information content (AvgIpc) is 2.83. The number of fused-ring (bicyclic) bond motifs is 1. The van der Waals surface area contributed by atoms with Crippen LogP contribution in [-0.4, -0.2) is 26.8 Å². The molecule has 0 fully saturated rings. The second-order valence-corrected chi connectivity index (χ2v) is 4.89. The van der Waals surface area contributed by atoms with Crippen LogP contribution in [0.1, 0.15) is 17.0 Å². The number of anilines is 1. The Morgan fingerprint density at radius 1 is 1.10 bits per heavy atom. The van der Waals surface area contributed by atoms with Crippen LogP contribution in [0.3, 0.4) is 0 Å². The van der Waals surface area contributed by atoms with Crippen LogP contribution >= 0.6 is 0 Å². The van der Waals surface area contributed by atoms with E-state index in [-0.39, 0.29) is 0 Å². The number of aromatic nitrogens is 4. The van der Waals surface area contributed by atoms with Crippen LogP contribution in [0.5, 0.6) is 0 Å². The van der Waals surface area contributed by atoms with Crippen molar-refractivity contribution in [1.29, 1.82) is 0 Å². The Morgan fingerprint density at radius 3 is 2.55 bits per heavy atom. The summed E-state index contributed by atoms with van der Waals surface area (Å²) in [6.07, 6.45) is 1.81. The molecule has 2 aromatic heterocycles. The van der Waals surface area contributed by atoms with E-state index in [2.05, 4.69) is 51.6 Å². The molecule has 3 aromatic rings. The van der Waals surface area contributed by atoms with Gasteiger partial charge in [-0.25, -0.2) is 14.6 Å². The minimum Gasteiger partial charge on any atom is -0.372 e. The van der Waals surface area contributed by atoms with Crippen LogP contribution in [0.4, 0.5) is 5.82 Å². The van der Waals surface area contributed by atoms with Crippen molar-refractivity contribution in [2.75, 3.05) is 12.4 Å². The van der Waals surface area contributed by atoms with E-state index in [1.807, 2.05) is 24.9 Å². The monoisotopic (exact) mass is 267 g/mol. The van der Waals surface area contributed by atoms with E-state index in [1.54, 1.807) is 0 Å². The van der Waals surface area contributed by atoms with Gasteiger partial charge >= 0.3 is 0 Å². The van der Waals surface area contributed by atoms with Crippen LogP contribution in [0.2, 0.25) is 0 Å². The van der Waals surface area contributed by atoms with Gasteiger partial charge in [-0.05, 0) is 19.4 Å². The Morgan fingerprint density at radius 2 is 1.85 bits per heavy atom. The number of aryl methyl sites for hydroxylation is 2. The Balaban J connectivity index is 2.04. The highest BCUT2D eigenvalue weighted by Crippen LogP contribution is 2.20. The molecule has 0 aliphatic carbocycles. The second-order valence-electron chi connectivity index (χ2n) is 4.89. The summed E-state index contributed by atoms with van der Waals surface area (Å²) in [5, 5.41) is 8.48. The molecular weight excluding hydrogens is 250 g/mol. The van der Waals surface area contributed by atoms with Crippen molar-refractivity contribution in [3.63, 3.8) is 0 Å². The van der Waals surface area contributed by atoms with E-state index in [0.29, 0.717) is 6.54 Å². The predicted octanol–water partition coefficient (Wildman–Crippen LogP) is 2.53. The molecule has 0 unspecified atom stereocenters. The van der Waals surface area contributed by atoms with Crippen LogP contribution in [0.25, 0.3) is 11.0 Å². The SMILES string of the molecule is CNc1nc(C)nc2c1cnn2Cc1ccc(C)cc1.